The number of rotatable bonds is 2. The predicted molar refractivity (Wildman–Crippen MR) is 76.0 cm³/mol. The second-order valence-electron chi connectivity index (χ2n) is 5.97. The van der Waals surface area contributed by atoms with Crippen molar-refractivity contribution in [3.05, 3.63) is 23.9 Å². The molecule has 0 aliphatic carbocycles. The molecule has 4 nitrogen and oxygen atoms in total. The molecular formula is C13H20N4S. The van der Waals surface area contributed by atoms with Gasteiger partial charge >= 0.3 is 0 Å². The zero-order valence-corrected chi connectivity index (χ0v) is 12.7. The molecule has 18 heavy (non-hydrogen) atoms. The van der Waals surface area contributed by atoms with Gasteiger partial charge in [-0.1, -0.05) is 20.8 Å². The van der Waals surface area contributed by atoms with E-state index in [1.165, 1.54) is 0 Å². The number of nitrogens with zero attached hydrogens (tertiary/aromatic N) is 4. The van der Waals surface area contributed by atoms with Crippen LogP contribution in [0.5, 0.6) is 0 Å². The third-order valence-electron chi connectivity index (χ3n) is 3.10. The highest BCUT2D eigenvalue weighted by Crippen LogP contribution is 2.34. The average molecular weight is 264 g/mol. The van der Waals surface area contributed by atoms with Gasteiger partial charge in [0.15, 0.2) is 5.65 Å². The van der Waals surface area contributed by atoms with Crippen LogP contribution in [-0.2, 0) is 10.2 Å². The molecule has 0 fully saturated rings. The van der Waals surface area contributed by atoms with E-state index in [0.29, 0.717) is 0 Å². The van der Waals surface area contributed by atoms with Crippen LogP contribution < -0.4 is 0 Å². The average Bonchev–Trinajstić information content (AvgIpc) is 2.73. The van der Waals surface area contributed by atoms with Gasteiger partial charge < -0.3 is 0 Å². The highest BCUT2D eigenvalue weighted by molar-refractivity contribution is 7.99. The Bertz CT molecular complexity index is 566. The highest BCUT2D eigenvalue weighted by atomic mass is 32.2. The molecule has 0 aliphatic heterocycles. The van der Waals surface area contributed by atoms with Crippen LogP contribution in [0.1, 0.15) is 46.0 Å². The summed E-state index contributed by atoms with van der Waals surface area (Å²) >= 11 is 1.79. The summed E-state index contributed by atoms with van der Waals surface area (Å²) in [7, 11) is 0. The maximum absolute atomic E-state index is 4.84. The number of fused-ring (bicyclic) bond motifs is 1. The molecule has 0 spiro atoms. The predicted octanol–water partition coefficient (Wildman–Crippen LogP) is 3.02. The molecule has 0 saturated carbocycles. The Morgan fingerprint density at radius 1 is 1.17 bits per heavy atom. The van der Waals surface area contributed by atoms with E-state index in [1.807, 2.05) is 10.7 Å². The Morgan fingerprint density at radius 3 is 2.39 bits per heavy atom. The molecule has 0 unspecified atom stereocenters. The van der Waals surface area contributed by atoms with Gasteiger partial charge in [-0.2, -0.15) is 16.9 Å². The molecule has 0 atom stereocenters. The minimum atomic E-state index is -0.0429. The maximum Gasteiger partial charge on any atom is 0.177 e. The first-order valence-electron chi connectivity index (χ1n) is 6.02. The summed E-state index contributed by atoms with van der Waals surface area (Å²) in [6, 6.07) is 0. The molecule has 0 radical (unpaired) electrons. The molecule has 2 heterocycles. The minimum Gasteiger partial charge on any atom is -0.250 e. The Kier molecular flexibility index (Phi) is 3.13. The second-order valence-corrected chi connectivity index (χ2v) is 7.40. The molecule has 2 aromatic heterocycles. The topological polar surface area (TPSA) is 43.1 Å². The van der Waals surface area contributed by atoms with Crippen LogP contribution >= 0.6 is 11.8 Å². The Morgan fingerprint density at radius 2 is 1.83 bits per heavy atom. The zero-order valence-electron chi connectivity index (χ0n) is 11.9. The van der Waals surface area contributed by atoms with Crippen LogP contribution in [0.2, 0.25) is 0 Å². The fourth-order valence-electron chi connectivity index (χ4n) is 1.73. The zero-order chi connectivity index (χ0) is 13.6. The van der Waals surface area contributed by atoms with Crippen LogP contribution in [0.3, 0.4) is 0 Å². The summed E-state index contributed by atoms with van der Waals surface area (Å²) < 4.78 is 1.81. The molecule has 0 aliphatic rings. The first-order valence-corrected chi connectivity index (χ1v) is 7.24. The van der Waals surface area contributed by atoms with Gasteiger partial charge in [-0.05, 0) is 20.1 Å². The van der Waals surface area contributed by atoms with E-state index in [-0.39, 0.29) is 10.2 Å². The smallest absolute Gasteiger partial charge is 0.177 e. The normalized spacial score (nSPS) is 13.2. The molecule has 0 amide bonds. The van der Waals surface area contributed by atoms with E-state index >= 15 is 0 Å². The lowest BCUT2D eigenvalue weighted by molar-refractivity contribution is 0.559. The third kappa shape index (κ3) is 2.23. The second kappa shape index (κ2) is 4.23. The van der Waals surface area contributed by atoms with Crippen LogP contribution in [0.25, 0.3) is 5.65 Å². The van der Waals surface area contributed by atoms with Crippen LogP contribution in [-0.4, -0.2) is 25.8 Å². The van der Waals surface area contributed by atoms with E-state index in [4.69, 9.17) is 4.98 Å². The van der Waals surface area contributed by atoms with Gasteiger partial charge in [0.05, 0.1) is 22.3 Å². The molecule has 2 aromatic rings. The minimum absolute atomic E-state index is 0.0276. The van der Waals surface area contributed by atoms with Crippen molar-refractivity contribution in [2.45, 2.75) is 44.8 Å². The molecule has 5 heteroatoms. The number of hydrogen-bond donors (Lipinski definition) is 0. The van der Waals surface area contributed by atoms with E-state index in [2.05, 4.69) is 51.0 Å². The largest absolute Gasteiger partial charge is 0.250 e. The van der Waals surface area contributed by atoms with Crippen LogP contribution in [0, 0.1) is 0 Å². The van der Waals surface area contributed by atoms with Gasteiger partial charge in [-0.3, -0.25) is 4.98 Å². The van der Waals surface area contributed by atoms with Crippen molar-refractivity contribution in [3.8, 4) is 0 Å². The lowest BCUT2D eigenvalue weighted by Gasteiger charge is -2.25. The Hall–Kier alpha value is -1.10. The highest BCUT2D eigenvalue weighted by Gasteiger charge is 2.27. The summed E-state index contributed by atoms with van der Waals surface area (Å²) in [5.74, 6) is 0. The van der Waals surface area contributed by atoms with Gasteiger partial charge in [0.1, 0.15) is 6.33 Å². The van der Waals surface area contributed by atoms with Gasteiger partial charge in [0, 0.05) is 5.41 Å². The van der Waals surface area contributed by atoms with Crippen molar-refractivity contribution in [3.63, 3.8) is 0 Å². The van der Waals surface area contributed by atoms with E-state index in [9.17, 15) is 0 Å². The van der Waals surface area contributed by atoms with E-state index in [0.717, 1.165) is 17.0 Å². The SMILES string of the molecule is CSC(C)(C)c1cn2ncnc2c(C(C)(C)C)n1. The number of aromatic nitrogens is 4. The molecule has 0 bridgehead atoms. The lowest BCUT2D eigenvalue weighted by Crippen LogP contribution is -2.22. The van der Waals surface area contributed by atoms with Gasteiger partial charge in [-0.25, -0.2) is 9.50 Å². The summed E-state index contributed by atoms with van der Waals surface area (Å²) in [4.78, 5) is 9.16. The first kappa shape index (κ1) is 13.3. The van der Waals surface area contributed by atoms with Gasteiger partial charge in [-0.15, -0.1) is 0 Å². The van der Waals surface area contributed by atoms with Crippen molar-refractivity contribution in [1.82, 2.24) is 19.6 Å². The number of thioether (sulfide) groups is 1. The molecule has 0 aromatic carbocycles. The van der Waals surface area contributed by atoms with E-state index in [1.54, 1.807) is 18.1 Å². The Labute approximate surface area is 112 Å². The van der Waals surface area contributed by atoms with Crippen molar-refractivity contribution < 1.29 is 0 Å². The van der Waals surface area contributed by atoms with Crippen molar-refractivity contribution in [2.75, 3.05) is 6.26 Å². The third-order valence-corrected chi connectivity index (χ3v) is 4.33. The standard InChI is InChI=1S/C13H20N4S/c1-12(2,3)10-11-14-8-15-17(11)7-9(16-10)13(4,5)18-6/h7-8H,1-6H3. The van der Waals surface area contributed by atoms with Crippen LogP contribution in [0.15, 0.2) is 12.5 Å². The van der Waals surface area contributed by atoms with Gasteiger partial charge in [0.25, 0.3) is 0 Å². The maximum atomic E-state index is 4.84. The molecule has 0 N–H and O–H groups in total. The van der Waals surface area contributed by atoms with Gasteiger partial charge in [0.2, 0.25) is 0 Å². The monoisotopic (exact) mass is 264 g/mol. The fourth-order valence-corrected chi connectivity index (χ4v) is 2.03. The van der Waals surface area contributed by atoms with Crippen molar-refractivity contribution in [2.24, 2.45) is 0 Å². The summed E-state index contributed by atoms with van der Waals surface area (Å²) in [5, 5.41) is 4.26. The van der Waals surface area contributed by atoms with E-state index < -0.39 is 0 Å². The lowest BCUT2D eigenvalue weighted by atomic mass is 9.91. The summed E-state index contributed by atoms with van der Waals surface area (Å²) in [6.45, 7) is 10.8. The summed E-state index contributed by atoms with van der Waals surface area (Å²) in [5.41, 5.74) is 2.85. The van der Waals surface area contributed by atoms with Crippen LogP contribution in [0.4, 0.5) is 0 Å². The fraction of sp³-hybridized carbons (Fsp3) is 0.615. The molecule has 2 rings (SSSR count). The molecule has 98 valence electrons. The summed E-state index contributed by atoms with van der Waals surface area (Å²) in [6.07, 6.45) is 5.67. The molecular weight excluding hydrogens is 244 g/mol. The molecule has 0 saturated heterocycles. The Balaban J connectivity index is 2.73. The van der Waals surface area contributed by atoms with Crippen molar-refractivity contribution in [1.29, 1.82) is 0 Å². The first-order chi connectivity index (χ1) is 8.25. The van der Waals surface area contributed by atoms with Crippen molar-refractivity contribution >= 4 is 17.4 Å². The quantitative estimate of drug-likeness (QED) is 0.836. The number of hydrogen-bond acceptors (Lipinski definition) is 4.